The molecule has 27 heavy (non-hydrogen) atoms. The number of halogens is 2. The molecule has 0 bridgehead atoms. The van der Waals surface area contributed by atoms with Crippen molar-refractivity contribution in [2.24, 2.45) is 0 Å². The number of nitrogens with zero attached hydrogens (tertiary/aromatic N) is 2. The van der Waals surface area contributed by atoms with Gasteiger partial charge in [0.15, 0.2) is 16.9 Å². The molecule has 5 nitrogen and oxygen atoms in total. The molecule has 0 N–H and O–H groups in total. The van der Waals surface area contributed by atoms with Crippen molar-refractivity contribution < 1.29 is 13.5 Å². The number of fused-ring (bicyclic) bond motifs is 1. The lowest BCUT2D eigenvalue weighted by atomic mass is 10.1. The number of hydrogen-bond donors (Lipinski definition) is 0. The van der Waals surface area contributed by atoms with Crippen LogP contribution in [-0.4, -0.2) is 31.3 Å². The fourth-order valence-corrected chi connectivity index (χ4v) is 3.53. The average Bonchev–Trinajstić information content (AvgIpc) is 2.70. The van der Waals surface area contributed by atoms with Crippen LogP contribution < -0.4 is 10.3 Å². The predicted octanol–water partition coefficient (Wildman–Crippen LogP) is 4.26. The number of benzene rings is 1. The van der Waals surface area contributed by atoms with Crippen LogP contribution in [0.2, 0.25) is 5.02 Å². The first-order valence-corrected chi connectivity index (χ1v) is 9.11. The molecule has 7 heteroatoms. The van der Waals surface area contributed by atoms with Gasteiger partial charge in [0.25, 0.3) is 0 Å². The smallest absolute Gasteiger partial charge is 0.200 e. The zero-order valence-electron chi connectivity index (χ0n) is 14.7. The number of hydrogen-bond acceptors (Lipinski definition) is 5. The Hall–Kier alpha value is -2.44. The molecule has 3 aromatic rings. The van der Waals surface area contributed by atoms with Crippen LogP contribution in [-0.2, 0) is 4.74 Å². The molecule has 0 atom stereocenters. The van der Waals surface area contributed by atoms with Gasteiger partial charge in [0.1, 0.15) is 11.5 Å². The topological polar surface area (TPSA) is 55.6 Å². The number of ether oxygens (including phenoxy) is 1. The van der Waals surface area contributed by atoms with Crippen molar-refractivity contribution in [1.82, 2.24) is 4.98 Å². The highest BCUT2D eigenvalue weighted by molar-refractivity contribution is 6.31. The van der Waals surface area contributed by atoms with Crippen molar-refractivity contribution in [2.45, 2.75) is 18.9 Å². The maximum absolute atomic E-state index is 13.5. The monoisotopic (exact) mass is 388 g/mol. The number of anilines is 1. The zero-order chi connectivity index (χ0) is 19.0. The molecule has 4 rings (SSSR count). The van der Waals surface area contributed by atoms with Gasteiger partial charge in [0.05, 0.1) is 10.4 Å². The normalized spacial score (nSPS) is 15.2. The highest BCUT2D eigenvalue weighted by atomic mass is 35.5. The van der Waals surface area contributed by atoms with Crippen LogP contribution >= 0.6 is 11.6 Å². The average molecular weight is 389 g/mol. The first kappa shape index (κ1) is 17.9. The molecule has 1 aliphatic rings. The molecule has 0 spiro atoms. The van der Waals surface area contributed by atoms with E-state index in [4.69, 9.17) is 20.8 Å². The molecule has 1 saturated heterocycles. The van der Waals surface area contributed by atoms with E-state index in [0.717, 1.165) is 12.8 Å². The Balaban J connectivity index is 1.84. The van der Waals surface area contributed by atoms with E-state index in [1.165, 1.54) is 24.4 Å². The minimum absolute atomic E-state index is 0.0101. The SMILES string of the molecule is CN(c1cc(=O)c2ccnc(-c3ccc(F)c(Cl)c3)c2o1)C1CCOCC1. The summed E-state index contributed by atoms with van der Waals surface area (Å²) >= 11 is 5.91. The van der Waals surface area contributed by atoms with E-state index in [-0.39, 0.29) is 16.5 Å². The van der Waals surface area contributed by atoms with Gasteiger partial charge in [-0.1, -0.05) is 11.6 Å². The fourth-order valence-electron chi connectivity index (χ4n) is 3.34. The van der Waals surface area contributed by atoms with Crippen LogP contribution in [0.4, 0.5) is 10.3 Å². The Bertz CT molecular complexity index is 1050. The van der Waals surface area contributed by atoms with Gasteiger partial charge in [0, 0.05) is 44.1 Å². The van der Waals surface area contributed by atoms with Crippen molar-refractivity contribution >= 4 is 28.5 Å². The van der Waals surface area contributed by atoms with Gasteiger partial charge in [0.2, 0.25) is 0 Å². The molecule has 0 saturated carbocycles. The van der Waals surface area contributed by atoms with Gasteiger partial charge in [-0.2, -0.15) is 0 Å². The van der Waals surface area contributed by atoms with Gasteiger partial charge < -0.3 is 14.1 Å². The van der Waals surface area contributed by atoms with Crippen LogP contribution in [0.15, 0.2) is 45.7 Å². The van der Waals surface area contributed by atoms with Crippen LogP contribution in [0.5, 0.6) is 0 Å². The minimum Gasteiger partial charge on any atom is -0.438 e. The van der Waals surface area contributed by atoms with Gasteiger partial charge >= 0.3 is 0 Å². The second kappa shape index (κ2) is 7.29. The molecular formula is C20H18ClFN2O3. The van der Waals surface area contributed by atoms with Crippen LogP contribution in [0.3, 0.4) is 0 Å². The Morgan fingerprint density at radius 2 is 2.00 bits per heavy atom. The van der Waals surface area contributed by atoms with E-state index in [9.17, 15) is 9.18 Å². The summed E-state index contributed by atoms with van der Waals surface area (Å²) < 4.78 is 25.0. The zero-order valence-corrected chi connectivity index (χ0v) is 15.5. The molecule has 140 valence electrons. The molecule has 3 heterocycles. The number of aromatic nitrogens is 1. The molecule has 2 aromatic heterocycles. The Kier molecular flexibility index (Phi) is 4.85. The summed E-state index contributed by atoms with van der Waals surface area (Å²) in [5, 5.41) is 0.411. The van der Waals surface area contributed by atoms with Crippen molar-refractivity contribution in [1.29, 1.82) is 0 Å². The third-order valence-electron chi connectivity index (χ3n) is 4.91. The van der Waals surface area contributed by atoms with Gasteiger partial charge in [-0.25, -0.2) is 4.39 Å². The summed E-state index contributed by atoms with van der Waals surface area (Å²) in [6, 6.07) is 7.67. The quantitative estimate of drug-likeness (QED) is 0.671. The molecule has 1 fully saturated rings. The molecule has 1 aliphatic heterocycles. The summed E-state index contributed by atoms with van der Waals surface area (Å²) in [6.45, 7) is 1.38. The first-order valence-electron chi connectivity index (χ1n) is 8.73. The third kappa shape index (κ3) is 3.42. The maximum atomic E-state index is 13.5. The van der Waals surface area contributed by atoms with Crippen molar-refractivity contribution in [3.05, 3.63) is 57.6 Å². The summed E-state index contributed by atoms with van der Waals surface area (Å²) in [5.41, 5.74) is 1.25. The molecule has 1 aromatic carbocycles. The fraction of sp³-hybridized carbons (Fsp3) is 0.300. The summed E-state index contributed by atoms with van der Waals surface area (Å²) in [7, 11) is 1.91. The van der Waals surface area contributed by atoms with Crippen molar-refractivity contribution in [2.75, 3.05) is 25.2 Å². The predicted molar refractivity (Wildman–Crippen MR) is 103 cm³/mol. The molecule has 0 radical (unpaired) electrons. The van der Waals surface area contributed by atoms with Gasteiger partial charge in [-0.3, -0.25) is 9.78 Å². The van der Waals surface area contributed by atoms with E-state index in [1.807, 2.05) is 11.9 Å². The standard InChI is InChI=1S/C20H18ClFN2O3/c1-24(13-5-8-26-9-6-13)18-11-17(25)14-4-7-23-19(20(14)27-18)12-2-3-16(22)15(21)10-12/h2-4,7,10-11,13H,5-6,8-9H2,1H3. The highest BCUT2D eigenvalue weighted by Crippen LogP contribution is 2.31. The minimum atomic E-state index is -0.512. The van der Waals surface area contributed by atoms with E-state index < -0.39 is 5.82 Å². The van der Waals surface area contributed by atoms with Crippen LogP contribution in [0.25, 0.3) is 22.2 Å². The van der Waals surface area contributed by atoms with Crippen LogP contribution in [0.1, 0.15) is 12.8 Å². The van der Waals surface area contributed by atoms with E-state index in [1.54, 1.807) is 12.1 Å². The lowest BCUT2D eigenvalue weighted by Crippen LogP contribution is -2.37. The number of pyridine rings is 1. The summed E-state index contributed by atoms with van der Waals surface area (Å²) in [5.74, 6) is -0.0381. The molecular weight excluding hydrogens is 371 g/mol. The number of rotatable bonds is 3. The van der Waals surface area contributed by atoms with Crippen LogP contribution in [0, 0.1) is 5.82 Å². The van der Waals surface area contributed by atoms with Crippen molar-refractivity contribution in [3.63, 3.8) is 0 Å². The lowest BCUT2D eigenvalue weighted by Gasteiger charge is -2.31. The summed E-state index contributed by atoms with van der Waals surface area (Å²) in [6.07, 6.45) is 3.27. The largest absolute Gasteiger partial charge is 0.438 e. The molecule has 0 aliphatic carbocycles. The highest BCUT2D eigenvalue weighted by Gasteiger charge is 2.22. The lowest BCUT2D eigenvalue weighted by molar-refractivity contribution is 0.0848. The third-order valence-corrected chi connectivity index (χ3v) is 5.20. The second-order valence-corrected chi connectivity index (χ2v) is 6.98. The van der Waals surface area contributed by atoms with Crippen molar-refractivity contribution in [3.8, 4) is 11.3 Å². The van der Waals surface area contributed by atoms with E-state index >= 15 is 0 Å². The van der Waals surface area contributed by atoms with E-state index in [0.29, 0.717) is 41.3 Å². The Labute approximate surface area is 160 Å². The molecule has 0 unspecified atom stereocenters. The molecule has 0 amide bonds. The second-order valence-electron chi connectivity index (χ2n) is 6.57. The van der Waals surface area contributed by atoms with E-state index in [2.05, 4.69) is 4.98 Å². The summed E-state index contributed by atoms with van der Waals surface area (Å²) in [4.78, 5) is 19.0. The van der Waals surface area contributed by atoms with Gasteiger partial charge in [-0.15, -0.1) is 0 Å². The maximum Gasteiger partial charge on any atom is 0.200 e. The Morgan fingerprint density at radius 1 is 1.22 bits per heavy atom. The first-order chi connectivity index (χ1) is 13.0. The van der Waals surface area contributed by atoms with Gasteiger partial charge in [-0.05, 0) is 37.1 Å². The Morgan fingerprint density at radius 3 is 2.74 bits per heavy atom.